The van der Waals surface area contributed by atoms with Crippen LogP contribution >= 0.6 is 0 Å². The number of nitrogens with zero attached hydrogens (tertiary/aromatic N) is 5. The molecule has 172 valence electrons. The first-order valence-corrected chi connectivity index (χ1v) is 11.5. The zero-order valence-corrected chi connectivity index (χ0v) is 19.1. The predicted octanol–water partition coefficient (Wildman–Crippen LogP) is 4.77. The number of unbranched alkanes of at least 4 members (excludes halogenated alkanes) is 1. The average molecular weight is 449 g/mol. The predicted molar refractivity (Wildman–Crippen MR) is 127 cm³/mol. The van der Waals surface area contributed by atoms with Gasteiger partial charge in [0, 0.05) is 17.8 Å². The van der Waals surface area contributed by atoms with Crippen LogP contribution in [0.15, 0.2) is 53.3 Å². The molecular formula is C25H29FN6O. The summed E-state index contributed by atoms with van der Waals surface area (Å²) in [6.45, 7) is 4.49. The standard InChI is InChI=1S/C25H29FN6O/c1-3-5-15-31-23(16-26)22(8-4-2)32(25(31)33)17-18-11-13-19(14-12-18)20-9-6-7-10-21(20)24-27-29-30-28-24/h6-7,9-14H,3-5,8,15-17H2,1-2H3,(H,27,28,29,30). The highest BCUT2D eigenvalue weighted by Gasteiger charge is 2.19. The number of benzene rings is 2. The Morgan fingerprint density at radius 1 is 0.939 bits per heavy atom. The van der Waals surface area contributed by atoms with Gasteiger partial charge < -0.3 is 0 Å². The number of tetrazole rings is 1. The number of aromatic amines is 1. The highest BCUT2D eigenvalue weighted by Crippen LogP contribution is 2.30. The Bertz CT molecular complexity index is 1240. The summed E-state index contributed by atoms with van der Waals surface area (Å²) in [5.41, 5.74) is 5.12. The number of hydrogen-bond donors (Lipinski definition) is 1. The van der Waals surface area contributed by atoms with Crippen molar-refractivity contribution in [1.29, 1.82) is 0 Å². The van der Waals surface area contributed by atoms with E-state index in [1.807, 2.05) is 48.5 Å². The molecule has 0 atom stereocenters. The van der Waals surface area contributed by atoms with Crippen LogP contribution < -0.4 is 5.69 Å². The van der Waals surface area contributed by atoms with Crippen LogP contribution in [0.2, 0.25) is 0 Å². The summed E-state index contributed by atoms with van der Waals surface area (Å²) in [6, 6.07) is 16.0. The molecule has 0 amide bonds. The minimum Gasteiger partial charge on any atom is -0.293 e. The molecule has 0 radical (unpaired) electrons. The molecule has 0 fully saturated rings. The molecule has 0 aliphatic heterocycles. The lowest BCUT2D eigenvalue weighted by Crippen LogP contribution is -2.26. The normalized spacial score (nSPS) is 11.2. The van der Waals surface area contributed by atoms with Gasteiger partial charge in [0.2, 0.25) is 5.82 Å². The highest BCUT2D eigenvalue weighted by atomic mass is 19.1. The van der Waals surface area contributed by atoms with Gasteiger partial charge in [-0.25, -0.2) is 9.18 Å². The van der Waals surface area contributed by atoms with Crippen molar-refractivity contribution in [2.45, 2.75) is 59.3 Å². The van der Waals surface area contributed by atoms with Gasteiger partial charge in [0.25, 0.3) is 0 Å². The van der Waals surface area contributed by atoms with E-state index < -0.39 is 6.67 Å². The summed E-state index contributed by atoms with van der Waals surface area (Å²) in [7, 11) is 0. The average Bonchev–Trinajstić information content (AvgIpc) is 3.46. The van der Waals surface area contributed by atoms with Crippen molar-refractivity contribution in [2.75, 3.05) is 0 Å². The molecule has 7 nitrogen and oxygen atoms in total. The first-order valence-electron chi connectivity index (χ1n) is 11.5. The molecule has 8 heteroatoms. The van der Waals surface area contributed by atoms with Crippen molar-refractivity contribution in [3.05, 3.63) is 76.0 Å². The third-order valence-electron chi connectivity index (χ3n) is 5.91. The number of nitrogens with one attached hydrogen (secondary N) is 1. The van der Waals surface area contributed by atoms with E-state index in [1.54, 1.807) is 9.13 Å². The smallest absolute Gasteiger partial charge is 0.293 e. The third kappa shape index (κ3) is 4.65. The molecule has 0 saturated carbocycles. The van der Waals surface area contributed by atoms with Gasteiger partial charge in [0.15, 0.2) is 0 Å². The molecule has 2 aromatic heterocycles. The molecular weight excluding hydrogens is 419 g/mol. The fourth-order valence-corrected chi connectivity index (χ4v) is 4.24. The molecule has 0 aliphatic carbocycles. The number of imidazole rings is 1. The van der Waals surface area contributed by atoms with Crippen LogP contribution in [0.1, 0.15) is 50.1 Å². The summed E-state index contributed by atoms with van der Waals surface area (Å²) in [5, 5.41) is 14.4. The van der Waals surface area contributed by atoms with E-state index in [0.717, 1.165) is 47.2 Å². The Hall–Kier alpha value is -3.55. The molecule has 1 N–H and O–H groups in total. The molecule has 0 spiro atoms. The third-order valence-corrected chi connectivity index (χ3v) is 5.91. The number of H-pyrrole nitrogens is 1. The fourth-order valence-electron chi connectivity index (χ4n) is 4.24. The lowest BCUT2D eigenvalue weighted by atomic mass is 9.98. The van der Waals surface area contributed by atoms with E-state index in [-0.39, 0.29) is 5.69 Å². The molecule has 0 aliphatic rings. The van der Waals surface area contributed by atoms with Crippen molar-refractivity contribution < 1.29 is 4.39 Å². The Balaban J connectivity index is 1.66. The maximum atomic E-state index is 13.9. The van der Waals surface area contributed by atoms with Gasteiger partial charge in [-0.3, -0.25) is 9.13 Å². The quantitative estimate of drug-likeness (QED) is 0.379. The van der Waals surface area contributed by atoms with Gasteiger partial charge in [0.05, 0.1) is 12.2 Å². The summed E-state index contributed by atoms with van der Waals surface area (Å²) < 4.78 is 17.3. The van der Waals surface area contributed by atoms with E-state index in [0.29, 0.717) is 31.0 Å². The van der Waals surface area contributed by atoms with Crippen LogP contribution in [0.25, 0.3) is 22.5 Å². The van der Waals surface area contributed by atoms with Crippen LogP contribution in [-0.4, -0.2) is 29.8 Å². The lowest BCUT2D eigenvalue weighted by Gasteiger charge is -2.10. The van der Waals surface area contributed by atoms with Crippen molar-refractivity contribution in [2.24, 2.45) is 0 Å². The van der Waals surface area contributed by atoms with Gasteiger partial charge in [-0.1, -0.05) is 75.2 Å². The topological polar surface area (TPSA) is 81.4 Å². The summed E-state index contributed by atoms with van der Waals surface area (Å²) >= 11 is 0. The second-order valence-corrected chi connectivity index (χ2v) is 8.13. The van der Waals surface area contributed by atoms with Crippen molar-refractivity contribution >= 4 is 0 Å². The molecule has 0 bridgehead atoms. The second kappa shape index (κ2) is 10.4. The van der Waals surface area contributed by atoms with Crippen molar-refractivity contribution in [1.82, 2.24) is 29.8 Å². The number of aromatic nitrogens is 6. The highest BCUT2D eigenvalue weighted by molar-refractivity contribution is 5.80. The zero-order chi connectivity index (χ0) is 23.2. The number of halogens is 1. The lowest BCUT2D eigenvalue weighted by molar-refractivity contribution is 0.447. The van der Waals surface area contributed by atoms with Crippen LogP contribution in [0, 0.1) is 0 Å². The minimum absolute atomic E-state index is 0.119. The van der Waals surface area contributed by atoms with Crippen molar-refractivity contribution in [3.8, 4) is 22.5 Å². The molecule has 2 aromatic carbocycles. The molecule has 4 aromatic rings. The van der Waals surface area contributed by atoms with Crippen LogP contribution in [0.5, 0.6) is 0 Å². The van der Waals surface area contributed by atoms with E-state index in [9.17, 15) is 9.18 Å². The zero-order valence-electron chi connectivity index (χ0n) is 19.1. The number of rotatable bonds is 10. The molecule has 0 saturated heterocycles. The van der Waals surface area contributed by atoms with Gasteiger partial charge in [-0.05, 0) is 34.7 Å². The van der Waals surface area contributed by atoms with E-state index in [1.165, 1.54) is 0 Å². The Labute approximate surface area is 192 Å². The molecule has 33 heavy (non-hydrogen) atoms. The Kier molecular flexibility index (Phi) is 7.12. The van der Waals surface area contributed by atoms with Gasteiger partial charge >= 0.3 is 5.69 Å². The van der Waals surface area contributed by atoms with Gasteiger partial charge in [-0.2, -0.15) is 5.21 Å². The largest absolute Gasteiger partial charge is 0.328 e. The Morgan fingerprint density at radius 2 is 1.70 bits per heavy atom. The van der Waals surface area contributed by atoms with E-state index >= 15 is 0 Å². The van der Waals surface area contributed by atoms with Gasteiger partial charge in [-0.15, -0.1) is 10.2 Å². The van der Waals surface area contributed by atoms with Gasteiger partial charge in [0.1, 0.15) is 6.67 Å². The van der Waals surface area contributed by atoms with Crippen molar-refractivity contribution in [3.63, 3.8) is 0 Å². The summed E-state index contributed by atoms with van der Waals surface area (Å²) in [6.07, 6.45) is 3.36. The molecule has 4 rings (SSSR count). The van der Waals surface area contributed by atoms with E-state index in [4.69, 9.17) is 0 Å². The first kappa shape index (κ1) is 22.6. The number of hydrogen-bond acceptors (Lipinski definition) is 4. The maximum absolute atomic E-state index is 13.9. The Morgan fingerprint density at radius 3 is 2.33 bits per heavy atom. The van der Waals surface area contributed by atoms with Crippen LogP contribution in [0.4, 0.5) is 4.39 Å². The maximum Gasteiger partial charge on any atom is 0.328 e. The van der Waals surface area contributed by atoms with E-state index in [2.05, 4.69) is 34.5 Å². The first-order chi connectivity index (χ1) is 16.2. The summed E-state index contributed by atoms with van der Waals surface area (Å²) in [5.74, 6) is 0.539. The minimum atomic E-state index is -0.618. The fraction of sp³-hybridized carbons (Fsp3) is 0.360. The number of alkyl halides is 1. The molecule has 2 heterocycles. The van der Waals surface area contributed by atoms with Crippen LogP contribution in [-0.2, 0) is 26.2 Å². The monoisotopic (exact) mass is 448 g/mol. The van der Waals surface area contributed by atoms with Crippen LogP contribution in [0.3, 0.4) is 0 Å². The SMILES string of the molecule is CCCCn1c(CF)c(CCC)n(Cc2ccc(-c3ccccc3-c3nn[nH]n3)cc2)c1=O. The second-order valence-electron chi connectivity index (χ2n) is 8.13. The summed E-state index contributed by atoms with van der Waals surface area (Å²) in [4.78, 5) is 13.2. The molecule has 0 unspecified atom stereocenters.